The van der Waals surface area contributed by atoms with Gasteiger partial charge in [0.2, 0.25) is 5.91 Å². The lowest BCUT2D eigenvalue weighted by molar-refractivity contribution is -0.150. The first-order valence-corrected chi connectivity index (χ1v) is 6.47. The van der Waals surface area contributed by atoms with E-state index in [0.29, 0.717) is 32.5 Å². The van der Waals surface area contributed by atoms with Crippen LogP contribution in [-0.4, -0.2) is 37.7 Å². The Morgan fingerprint density at radius 3 is 2.44 bits per heavy atom. The van der Waals surface area contributed by atoms with Gasteiger partial charge in [0.05, 0.1) is 7.11 Å². The van der Waals surface area contributed by atoms with Crippen LogP contribution in [0.25, 0.3) is 0 Å². The highest BCUT2D eigenvalue weighted by Gasteiger charge is 2.34. The molecule has 106 valence electrons. The number of carbonyl (C=O) groups is 2. The van der Waals surface area contributed by atoms with Gasteiger partial charge in [-0.25, -0.2) is 4.79 Å². The minimum Gasteiger partial charge on any atom is -0.467 e. The number of ether oxygens (including phenoxy) is 2. The predicted octanol–water partition coefficient (Wildman–Crippen LogP) is 1.65. The van der Waals surface area contributed by atoms with Gasteiger partial charge in [0.1, 0.15) is 5.54 Å². The van der Waals surface area contributed by atoms with E-state index in [4.69, 9.17) is 9.47 Å². The fourth-order valence-corrected chi connectivity index (χ4v) is 1.79. The van der Waals surface area contributed by atoms with Gasteiger partial charge in [-0.2, -0.15) is 0 Å². The van der Waals surface area contributed by atoms with E-state index in [0.717, 1.165) is 6.42 Å². The van der Waals surface area contributed by atoms with Gasteiger partial charge in [-0.05, 0) is 26.7 Å². The Hall–Kier alpha value is -1.10. The second kappa shape index (κ2) is 8.91. The minimum atomic E-state index is -0.924. The van der Waals surface area contributed by atoms with Gasteiger partial charge in [0.15, 0.2) is 0 Å². The number of amides is 1. The molecular weight excluding hydrogens is 234 g/mol. The molecule has 0 fully saturated rings. The van der Waals surface area contributed by atoms with E-state index in [1.54, 1.807) is 6.92 Å². The highest BCUT2D eigenvalue weighted by Crippen LogP contribution is 2.14. The summed E-state index contributed by atoms with van der Waals surface area (Å²) in [5.74, 6) is -0.543. The zero-order chi connectivity index (χ0) is 14.0. The summed E-state index contributed by atoms with van der Waals surface area (Å²) in [5, 5.41) is 2.75. The average Bonchev–Trinajstić information content (AvgIpc) is 2.33. The monoisotopic (exact) mass is 259 g/mol. The molecule has 1 amide bonds. The summed E-state index contributed by atoms with van der Waals surface area (Å²) in [6, 6.07) is 0. The van der Waals surface area contributed by atoms with E-state index in [1.165, 1.54) is 7.11 Å². The molecule has 0 aliphatic heterocycles. The Labute approximate surface area is 109 Å². The fraction of sp³-hybridized carbons (Fsp3) is 0.846. The molecule has 1 N–H and O–H groups in total. The smallest absolute Gasteiger partial charge is 0.331 e. The first kappa shape index (κ1) is 16.9. The van der Waals surface area contributed by atoms with Gasteiger partial charge >= 0.3 is 5.97 Å². The number of rotatable bonds is 9. The van der Waals surface area contributed by atoms with E-state index in [2.05, 4.69) is 5.32 Å². The Bertz CT molecular complexity index is 268. The zero-order valence-electron chi connectivity index (χ0n) is 11.9. The van der Waals surface area contributed by atoms with Gasteiger partial charge in [-0.3, -0.25) is 4.79 Å². The second-order valence-corrected chi connectivity index (χ2v) is 4.42. The standard InChI is InChI=1S/C13H25NO4/c1-5-9-13(3,12(16)17-4)14-11(15)8-7-10-18-6-2/h5-10H2,1-4H3,(H,14,15). The average molecular weight is 259 g/mol. The molecule has 0 aliphatic carbocycles. The zero-order valence-corrected chi connectivity index (χ0v) is 11.9. The van der Waals surface area contributed by atoms with Crippen molar-refractivity contribution in [3.63, 3.8) is 0 Å². The maximum Gasteiger partial charge on any atom is 0.331 e. The van der Waals surface area contributed by atoms with Crippen molar-refractivity contribution in [3.05, 3.63) is 0 Å². The number of methoxy groups -OCH3 is 1. The van der Waals surface area contributed by atoms with Crippen molar-refractivity contribution in [3.8, 4) is 0 Å². The van der Waals surface area contributed by atoms with Crippen molar-refractivity contribution < 1.29 is 19.1 Å². The van der Waals surface area contributed by atoms with E-state index >= 15 is 0 Å². The minimum absolute atomic E-state index is 0.143. The van der Waals surface area contributed by atoms with Crippen LogP contribution < -0.4 is 5.32 Å². The molecule has 0 aliphatic rings. The number of nitrogens with one attached hydrogen (secondary N) is 1. The van der Waals surface area contributed by atoms with Gasteiger partial charge in [0.25, 0.3) is 0 Å². The Balaban J connectivity index is 4.23. The van der Waals surface area contributed by atoms with Crippen LogP contribution in [0.5, 0.6) is 0 Å². The topological polar surface area (TPSA) is 64.6 Å². The molecule has 0 saturated heterocycles. The molecule has 18 heavy (non-hydrogen) atoms. The molecule has 0 rings (SSSR count). The number of hydrogen-bond acceptors (Lipinski definition) is 4. The Kier molecular flexibility index (Phi) is 8.37. The predicted molar refractivity (Wildman–Crippen MR) is 69.2 cm³/mol. The molecule has 1 unspecified atom stereocenters. The van der Waals surface area contributed by atoms with E-state index in [1.807, 2.05) is 13.8 Å². The molecule has 5 heteroatoms. The lowest BCUT2D eigenvalue weighted by atomic mass is 9.96. The molecular formula is C13H25NO4. The summed E-state index contributed by atoms with van der Waals surface area (Å²) in [4.78, 5) is 23.4. The van der Waals surface area contributed by atoms with Crippen LogP contribution in [-0.2, 0) is 19.1 Å². The normalized spacial score (nSPS) is 13.8. The van der Waals surface area contributed by atoms with Crippen molar-refractivity contribution >= 4 is 11.9 Å². The maximum absolute atomic E-state index is 11.7. The van der Waals surface area contributed by atoms with Gasteiger partial charge in [0, 0.05) is 19.6 Å². The number of esters is 1. The Morgan fingerprint density at radius 2 is 1.94 bits per heavy atom. The first-order chi connectivity index (χ1) is 8.50. The third-order valence-corrected chi connectivity index (χ3v) is 2.70. The maximum atomic E-state index is 11.7. The van der Waals surface area contributed by atoms with Crippen LogP contribution in [0.2, 0.25) is 0 Å². The molecule has 0 bridgehead atoms. The van der Waals surface area contributed by atoms with Crippen molar-refractivity contribution in [1.82, 2.24) is 5.32 Å². The summed E-state index contributed by atoms with van der Waals surface area (Å²) < 4.78 is 9.89. The summed E-state index contributed by atoms with van der Waals surface area (Å²) >= 11 is 0. The molecule has 0 heterocycles. The number of carbonyl (C=O) groups excluding carboxylic acids is 2. The first-order valence-electron chi connectivity index (χ1n) is 6.47. The quantitative estimate of drug-likeness (QED) is 0.505. The van der Waals surface area contributed by atoms with Gasteiger partial charge in [-0.15, -0.1) is 0 Å². The second-order valence-electron chi connectivity index (χ2n) is 4.42. The van der Waals surface area contributed by atoms with Crippen molar-refractivity contribution in [2.45, 2.75) is 52.0 Å². The third kappa shape index (κ3) is 6.00. The summed E-state index contributed by atoms with van der Waals surface area (Å²) in [6.07, 6.45) is 2.38. The molecule has 0 aromatic heterocycles. The lowest BCUT2D eigenvalue weighted by Crippen LogP contribution is -2.52. The SMILES string of the molecule is CCCC(C)(NC(=O)CCCOCC)C(=O)OC. The molecule has 0 radical (unpaired) electrons. The number of hydrogen-bond donors (Lipinski definition) is 1. The highest BCUT2D eigenvalue weighted by molar-refractivity contribution is 5.87. The van der Waals surface area contributed by atoms with Crippen LogP contribution in [0.1, 0.15) is 46.5 Å². The largest absolute Gasteiger partial charge is 0.467 e. The van der Waals surface area contributed by atoms with E-state index in [-0.39, 0.29) is 5.91 Å². The van der Waals surface area contributed by atoms with Crippen LogP contribution in [0.3, 0.4) is 0 Å². The highest BCUT2D eigenvalue weighted by atomic mass is 16.5. The van der Waals surface area contributed by atoms with E-state index in [9.17, 15) is 9.59 Å². The van der Waals surface area contributed by atoms with Crippen LogP contribution in [0.4, 0.5) is 0 Å². The van der Waals surface area contributed by atoms with Crippen molar-refractivity contribution in [1.29, 1.82) is 0 Å². The molecule has 5 nitrogen and oxygen atoms in total. The summed E-state index contributed by atoms with van der Waals surface area (Å²) in [5.41, 5.74) is -0.924. The fourth-order valence-electron chi connectivity index (χ4n) is 1.79. The molecule has 0 aromatic rings. The van der Waals surface area contributed by atoms with Crippen molar-refractivity contribution in [2.24, 2.45) is 0 Å². The summed E-state index contributed by atoms with van der Waals surface area (Å²) in [7, 11) is 1.33. The van der Waals surface area contributed by atoms with Crippen LogP contribution >= 0.6 is 0 Å². The van der Waals surface area contributed by atoms with Gasteiger partial charge in [-0.1, -0.05) is 13.3 Å². The van der Waals surface area contributed by atoms with Crippen LogP contribution in [0, 0.1) is 0 Å². The summed E-state index contributed by atoms with van der Waals surface area (Å²) in [6.45, 7) is 6.78. The molecule has 0 spiro atoms. The van der Waals surface area contributed by atoms with E-state index < -0.39 is 11.5 Å². The molecule has 0 saturated carbocycles. The van der Waals surface area contributed by atoms with Crippen LogP contribution in [0.15, 0.2) is 0 Å². The Morgan fingerprint density at radius 1 is 1.28 bits per heavy atom. The third-order valence-electron chi connectivity index (χ3n) is 2.70. The molecule has 0 aromatic carbocycles. The van der Waals surface area contributed by atoms with Crippen molar-refractivity contribution in [2.75, 3.05) is 20.3 Å². The lowest BCUT2D eigenvalue weighted by Gasteiger charge is -2.27. The van der Waals surface area contributed by atoms with Gasteiger partial charge < -0.3 is 14.8 Å². The molecule has 1 atom stereocenters.